The number of carbonyl (C=O) groups excluding carboxylic acids is 1. The highest BCUT2D eigenvalue weighted by molar-refractivity contribution is 5.78. The van der Waals surface area contributed by atoms with Crippen LogP contribution in [0.2, 0.25) is 0 Å². The number of amides is 1. The summed E-state index contributed by atoms with van der Waals surface area (Å²) in [6.45, 7) is 3.32. The normalized spacial score (nSPS) is 15.4. The van der Waals surface area contributed by atoms with Crippen molar-refractivity contribution in [3.63, 3.8) is 0 Å². The zero-order valence-corrected chi connectivity index (χ0v) is 16.5. The molecule has 0 spiro atoms. The monoisotopic (exact) mass is 384 g/mol. The van der Waals surface area contributed by atoms with Crippen LogP contribution in [0.4, 0.5) is 4.39 Å². The number of likely N-dealkylation sites (tertiary alicyclic amines) is 1. The molecule has 2 aromatic carbocycles. The van der Waals surface area contributed by atoms with Gasteiger partial charge in [0.15, 0.2) is 0 Å². The van der Waals surface area contributed by atoms with Crippen molar-refractivity contribution in [1.82, 2.24) is 10.2 Å². The Morgan fingerprint density at radius 1 is 1.14 bits per heavy atom. The Labute approximate surface area is 166 Å². The molecule has 28 heavy (non-hydrogen) atoms. The number of rotatable bonds is 8. The molecule has 150 valence electrons. The maximum Gasteiger partial charge on any atom is 0.223 e. The van der Waals surface area contributed by atoms with Crippen molar-refractivity contribution in [3.8, 4) is 5.75 Å². The molecule has 1 aliphatic rings. The smallest absolute Gasteiger partial charge is 0.223 e. The molecule has 1 heterocycles. The number of nitrogens with zero attached hydrogens (tertiary/aromatic N) is 1. The lowest BCUT2D eigenvalue weighted by molar-refractivity contribution is -0.126. The molecule has 1 saturated heterocycles. The lowest BCUT2D eigenvalue weighted by Gasteiger charge is -2.31. The van der Waals surface area contributed by atoms with Crippen LogP contribution in [0.25, 0.3) is 0 Å². The Kier molecular flexibility index (Phi) is 7.43. The molecule has 5 heteroatoms. The van der Waals surface area contributed by atoms with Crippen molar-refractivity contribution >= 4 is 5.91 Å². The van der Waals surface area contributed by atoms with E-state index in [9.17, 15) is 9.18 Å². The van der Waals surface area contributed by atoms with E-state index in [0.29, 0.717) is 6.54 Å². The summed E-state index contributed by atoms with van der Waals surface area (Å²) in [5.74, 6) is 0.938. The zero-order chi connectivity index (χ0) is 19.8. The Balaban J connectivity index is 1.34. The van der Waals surface area contributed by atoms with Crippen LogP contribution in [0.5, 0.6) is 5.75 Å². The predicted molar refractivity (Wildman–Crippen MR) is 109 cm³/mol. The van der Waals surface area contributed by atoms with Gasteiger partial charge in [0.1, 0.15) is 11.6 Å². The van der Waals surface area contributed by atoms with Gasteiger partial charge in [-0.3, -0.25) is 9.69 Å². The first kappa shape index (κ1) is 20.3. The first-order valence-corrected chi connectivity index (χ1v) is 10.0. The minimum Gasteiger partial charge on any atom is -0.497 e. The fraction of sp³-hybridized carbons (Fsp3) is 0.435. The molecule has 1 N–H and O–H groups in total. The lowest BCUT2D eigenvalue weighted by Crippen LogP contribution is -2.40. The summed E-state index contributed by atoms with van der Waals surface area (Å²) in [5.41, 5.74) is 2.34. The second kappa shape index (κ2) is 10.2. The van der Waals surface area contributed by atoms with Crippen molar-refractivity contribution < 1.29 is 13.9 Å². The van der Waals surface area contributed by atoms with Crippen molar-refractivity contribution in [3.05, 3.63) is 65.5 Å². The number of methoxy groups -OCH3 is 1. The number of piperidine rings is 1. The number of carbonyl (C=O) groups is 1. The molecule has 0 radical (unpaired) electrons. The number of halogens is 1. The molecule has 2 aromatic rings. The molecule has 1 aliphatic heterocycles. The third-order valence-corrected chi connectivity index (χ3v) is 5.35. The number of hydrogen-bond donors (Lipinski definition) is 1. The van der Waals surface area contributed by atoms with Gasteiger partial charge in [-0.1, -0.05) is 24.3 Å². The first-order chi connectivity index (χ1) is 13.6. The van der Waals surface area contributed by atoms with Crippen LogP contribution < -0.4 is 10.1 Å². The van der Waals surface area contributed by atoms with E-state index in [1.165, 1.54) is 17.7 Å². The van der Waals surface area contributed by atoms with E-state index < -0.39 is 0 Å². The molecule has 3 rings (SSSR count). The summed E-state index contributed by atoms with van der Waals surface area (Å²) in [4.78, 5) is 14.8. The highest BCUT2D eigenvalue weighted by atomic mass is 19.1. The van der Waals surface area contributed by atoms with Crippen LogP contribution in [0, 0.1) is 11.7 Å². The molecule has 1 amide bonds. The van der Waals surface area contributed by atoms with Gasteiger partial charge in [0, 0.05) is 19.0 Å². The van der Waals surface area contributed by atoms with Crippen molar-refractivity contribution in [1.29, 1.82) is 0 Å². The summed E-state index contributed by atoms with van der Waals surface area (Å²) >= 11 is 0. The number of nitrogens with one attached hydrogen (secondary N) is 1. The van der Waals surface area contributed by atoms with Crippen LogP contribution in [-0.4, -0.2) is 37.6 Å². The van der Waals surface area contributed by atoms with Gasteiger partial charge in [-0.15, -0.1) is 0 Å². The molecular formula is C23H29FN2O2. The second-order valence-corrected chi connectivity index (χ2v) is 7.42. The van der Waals surface area contributed by atoms with E-state index in [2.05, 4.69) is 16.3 Å². The van der Waals surface area contributed by atoms with Crippen LogP contribution in [-0.2, 0) is 17.8 Å². The Hall–Kier alpha value is -2.40. The summed E-state index contributed by atoms with van der Waals surface area (Å²) in [5, 5.41) is 3.09. The quantitative estimate of drug-likeness (QED) is 0.704. The maximum absolute atomic E-state index is 13.0. The SMILES string of the molecule is COc1cccc(CCCNC(=O)C2CCN(Cc3ccc(F)cc3)CC2)c1. The number of hydrogen-bond acceptors (Lipinski definition) is 3. The van der Waals surface area contributed by atoms with E-state index in [1.54, 1.807) is 7.11 Å². The van der Waals surface area contributed by atoms with Crippen LogP contribution in [0.15, 0.2) is 48.5 Å². The standard InChI is InChI=1S/C23H29FN2O2/c1-28-22-6-2-4-18(16-22)5-3-13-25-23(27)20-11-14-26(15-12-20)17-19-7-9-21(24)10-8-19/h2,4,6-10,16,20H,3,5,11-15,17H2,1H3,(H,25,27). The van der Waals surface area contributed by atoms with Gasteiger partial charge in [0.05, 0.1) is 7.11 Å². The molecule has 0 aromatic heterocycles. The Morgan fingerprint density at radius 3 is 2.61 bits per heavy atom. The predicted octanol–water partition coefficient (Wildman–Crippen LogP) is 3.80. The molecule has 1 fully saturated rings. The van der Waals surface area contributed by atoms with E-state index in [1.807, 2.05) is 30.3 Å². The minimum absolute atomic E-state index is 0.0984. The summed E-state index contributed by atoms with van der Waals surface area (Å²) in [6.07, 6.45) is 3.60. The molecule has 4 nitrogen and oxygen atoms in total. The van der Waals surface area contributed by atoms with Gasteiger partial charge in [0.25, 0.3) is 0 Å². The van der Waals surface area contributed by atoms with Gasteiger partial charge >= 0.3 is 0 Å². The molecular weight excluding hydrogens is 355 g/mol. The minimum atomic E-state index is -0.203. The third-order valence-electron chi connectivity index (χ3n) is 5.35. The average molecular weight is 384 g/mol. The van der Waals surface area contributed by atoms with E-state index in [-0.39, 0.29) is 17.6 Å². The fourth-order valence-electron chi connectivity index (χ4n) is 3.68. The van der Waals surface area contributed by atoms with E-state index in [4.69, 9.17) is 4.74 Å². The topological polar surface area (TPSA) is 41.6 Å². The molecule has 0 aliphatic carbocycles. The van der Waals surface area contributed by atoms with Crippen LogP contribution in [0.1, 0.15) is 30.4 Å². The van der Waals surface area contributed by atoms with Crippen LogP contribution >= 0.6 is 0 Å². The number of aryl methyl sites for hydroxylation is 1. The Bertz CT molecular complexity index is 755. The van der Waals surface area contributed by atoms with E-state index in [0.717, 1.165) is 56.6 Å². The third kappa shape index (κ3) is 6.06. The van der Waals surface area contributed by atoms with Gasteiger partial charge in [-0.2, -0.15) is 0 Å². The second-order valence-electron chi connectivity index (χ2n) is 7.42. The van der Waals surface area contributed by atoms with Crippen molar-refractivity contribution in [2.24, 2.45) is 5.92 Å². The van der Waals surface area contributed by atoms with E-state index >= 15 is 0 Å². The van der Waals surface area contributed by atoms with Crippen molar-refractivity contribution in [2.45, 2.75) is 32.2 Å². The number of ether oxygens (including phenoxy) is 1. The highest BCUT2D eigenvalue weighted by Crippen LogP contribution is 2.19. The maximum atomic E-state index is 13.0. The van der Waals surface area contributed by atoms with Crippen molar-refractivity contribution in [2.75, 3.05) is 26.7 Å². The molecule has 0 saturated carbocycles. The first-order valence-electron chi connectivity index (χ1n) is 10.0. The van der Waals surface area contributed by atoms with Gasteiger partial charge in [-0.05, 0) is 74.2 Å². The van der Waals surface area contributed by atoms with Gasteiger partial charge in [-0.25, -0.2) is 4.39 Å². The molecule has 0 atom stereocenters. The zero-order valence-electron chi connectivity index (χ0n) is 16.5. The fourth-order valence-corrected chi connectivity index (χ4v) is 3.68. The summed E-state index contributed by atoms with van der Waals surface area (Å²) in [6, 6.07) is 14.7. The molecule has 0 bridgehead atoms. The largest absolute Gasteiger partial charge is 0.497 e. The highest BCUT2D eigenvalue weighted by Gasteiger charge is 2.24. The Morgan fingerprint density at radius 2 is 1.89 bits per heavy atom. The van der Waals surface area contributed by atoms with Gasteiger partial charge < -0.3 is 10.1 Å². The summed E-state index contributed by atoms with van der Waals surface area (Å²) in [7, 11) is 1.67. The van der Waals surface area contributed by atoms with Crippen LogP contribution in [0.3, 0.4) is 0 Å². The number of benzene rings is 2. The van der Waals surface area contributed by atoms with Gasteiger partial charge in [0.2, 0.25) is 5.91 Å². The molecule has 0 unspecified atom stereocenters. The summed E-state index contributed by atoms with van der Waals surface area (Å²) < 4.78 is 18.2. The average Bonchev–Trinajstić information content (AvgIpc) is 2.73. The lowest BCUT2D eigenvalue weighted by atomic mass is 9.95.